The Balaban J connectivity index is 1.29. The maximum Gasteiger partial charge on any atom is 0.335 e. The molecule has 0 aliphatic carbocycles. The molecule has 3 aromatic rings. The second-order valence-electron chi connectivity index (χ2n) is 7.86. The molecule has 1 aromatic heterocycles. The number of aliphatic hydroxyl groups excluding tert-OH is 1. The number of hydrogen-bond donors (Lipinski definition) is 3. The van der Waals surface area contributed by atoms with Crippen molar-refractivity contribution in [2.75, 3.05) is 13.1 Å². The van der Waals surface area contributed by atoms with Gasteiger partial charge in [0.05, 0.1) is 11.7 Å². The molecule has 0 radical (unpaired) electrons. The fourth-order valence-corrected chi connectivity index (χ4v) is 3.82. The van der Waals surface area contributed by atoms with Gasteiger partial charge in [0, 0.05) is 31.0 Å². The molecule has 2 heterocycles. The van der Waals surface area contributed by atoms with Crippen LogP contribution in [-0.4, -0.2) is 40.4 Å². The van der Waals surface area contributed by atoms with E-state index in [0.717, 1.165) is 36.1 Å². The van der Waals surface area contributed by atoms with Crippen LogP contribution in [0.2, 0.25) is 0 Å². The summed E-state index contributed by atoms with van der Waals surface area (Å²) in [6.45, 7) is 1.13. The number of nitrogens with one attached hydrogen (secondary N) is 1. The molecule has 0 saturated heterocycles. The molecule has 0 spiro atoms. The van der Waals surface area contributed by atoms with Crippen molar-refractivity contribution in [1.29, 1.82) is 0 Å². The lowest BCUT2D eigenvalue weighted by Gasteiger charge is -2.27. The molecule has 6 nitrogen and oxygen atoms in total. The van der Waals surface area contributed by atoms with Gasteiger partial charge < -0.3 is 20.3 Å². The molecular formula is C25H26N2O4. The average molecular weight is 418 g/mol. The van der Waals surface area contributed by atoms with Crippen LogP contribution in [0, 0.1) is 0 Å². The lowest BCUT2D eigenvalue weighted by Crippen LogP contribution is -2.36. The van der Waals surface area contributed by atoms with Crippen LogP contribution in [0.4, 0.5) is 0 Å². The number of rotatable bonds is 8. The van der Waals surface area contributed by atoms with Gasteiger partial charge in [0.1, 0.15) is 11.9 Å². The molecule has 0 amide bonds. The minimum absolute atomic E-state index is 0.0722. The van der Waals surface area contributed by atoms with Gasteiger partial charge in [0.25, 0.3) is 0 Å². The van der Waals surface area contributed by atoms with Crippen LogP contribution >= 0.6 is 0 Å². The first-order chi connectivity index (χ1) is 15.1. The molecule has 0 bridgehead atoms. The van der Waals surface area contributed by atoms with Crippen LogP contribution in [0.1, 0.15) is 45.1 Å². The first kappa shape index (κ1) is 21.0. The first-order valence-electron chi connectivity index (χ1n) is 10.5. The van der Waals surface area contributed by atoms with E-state index in [2.05, 4.69) is 22.4 Å². The van der Waals surface area contributed by atoms with Crippen LogP contribution in [0.3, 0.4) is 0 Å². The van der Waals surface area contributed by atoms with Gasteiger partial charge in [-0.15, -0.1) is 0 Å². The van der Waals surface area contributed by atoms with E-state index in [1.165, 1.54) is 11.1 Å². The zero-order valence-electron chi connectivity index (χ0n) is 17.2. The van der Waals surface area contributed by atoms with Crippen molar-refractivity contribution in [2.24, 2.45) is 0 Å². The minimum Gasteiger partial charge on any atom is -0.489 e. The number of nitrogens with zero attached hydrogens (tertiary/aromatic N) is 1. The molecule has 31 heavy (non-hydrogen) atoms. The normalized spacial score (nSPS) is 16.2. The Kier molecular flexibility index (Phi) is 6.60. The van der Waals surface area contributed by atoms with Crippen molar-refractivity contribution in [1.82, 2.24) is 10.3 Å². The highest BCUT2D eigenvalue weighted by Gasteiger charge is 2.20. The number of carboxylic acids is 1. The van der Waals surface area contributed by atoms with Crippen molar-refractivity contribution in [3.05, 3.63) is 94.8 Å². The van der Waals surface area contributed by atoms with Crippen LogP contribution in [0.15, 0.2) is 67.0 Å². The largest absolute Gasteiger partial charge is 0.489 e. The minimum atomic E-state index is -0.909. The molecule has 1 aliphatic heterocycles. The number of aromatic nitrogens is 1. The number of pyridine rings is 1. The molecule has 6 heteroatoms. The van der Waals surface area contributed by atoms with Crippen molar-refractivity contribution in [3.63, 3.8) is 0 Å². The SMILES string of the molecule is O=C(O)c1ccc(Cc2ccc3c(c2)CCC(CNCC(O)c2cccnc2)O3)cc1. The average Bonchev–Trinajstić information content (AvgIpc) is 2.80. The van der Waals surface area contributed by atoms with E-state index in [1.807, 2.05) is 30.3 Å². The van der Waals surface area contributed by atoms with Gasteiger partial charge in [-0.05, 0) is 60.2 Å². The van der Waals surface area contributed by atoms with Gasteiger partial charge in [-0.1, -0.05) is 30.3 Å². The molecule has 3 N–H and O–H groups in total. The highest BCUT2D eigenvalue weighted by molar-refractivity contribution is 5.87. The van der Waals surface area contributed by atoms with Crippen molar-refractivity contribution in [2.45, 2.75) is 31.5 Å². The van der Waals surface area contributed by atoms with Gasteiger partial charge >= 0.3 is 5.97 Å². The summed E-state index contributed by atoms with van der Waals surface area (Å²) in [7, 11) is 0. The smallest absolute Gasteiger partial charge is 0.335 e. The molecule has 2 atom stereocenters. The lowest BCUT2D eigenvalue weighted by atomic mass is 9.96. The van der Waals surface area contributed by atoms with E-state index in [1.54, 1.807) is 24.5 Å². The van der Waals surface area contributed by atoms with Crippen LogP contribution in [-0.2, 0) is 12.8 Å². The maximum atomic E-state index is 11.0. The zero-order valence-corrected chi connectivity index (χ0v) is 17.2. The van der Waals surface area contributed by atoms with Crippen molar-refractivity contribution >= 4 is 5.97 Å². The molecule has 0 saturated carbocycles. The Bertz CT molecular complexity index is 1020. The first-order valence-corrected chi connectivity index (χ1v) is 10.5. The monoisotopic (exact) mass is 418 g/mol. The molecule has 0 fully saturated rings. The van der Waals surface area contributed by atoms with E-state index in [4.69, 9.17) is 9.84 Å². The third-order valence-electron chi connectivity index (χ3n) is 5.54. The number of carboxylic acid groups (broad SMARTS) is 1. The summed E-state index contributed by atoms with van der Waals surface area (Å²) in [6, 6.07) is 16.9. The third kappa shape index (κ3) is 5.48. The molecular weight excluding hydrogens is 392 g/mol. The number of fused-ring (bicyclic) bond motifs is 1. The summed E-state index contributed by atoms with van der Waals surface area (Å²) in [4.78, 5) is 15.0. The molecule has 1 aliphatic rings. The Morgan fingerprint density at radius 2 is 1.97 bits per heavy atom. The number of ether oxygens (including phenoxy) is 1. The number of benzene rings is 2. The molecule has 2 unspecified atom stereocenters. The van der Waals surface area contributed by atoms with Gasteiger partial charge in [-0.3, -0.25) is 4.98 Å². The van der Waals surface area contributed by atoms with E-state index in [9.17, 15) is 9.90 Å². The number of hydrogen-bond acceptors (Lipinski definition) is 5. The predicted octanol–water partition coefficient (Wildman–Crippen LogP) is 3.39. The second-order valence-corrected chi connectivity index (χ2v) is 7.86. The number of aliphatic hydroxyl groups is 1. The second kappa shape index (κ2) is 9.73. The standard InChI is InChI=1S/C25H26N2O4/c28-23(21-2-1-11-26-14-21)16-27-15-22-9-8-20-13-18(5-10-24(20)31-22)12-17-3-6-19(7-4-17)25(29)30/h1-7,10-11,13-14,22-23,27-28H,8-9,12,15-16H2,(H,29,30). The number of aromatic carboxylic acids is 1. The Morgan fingerprint density at radius 1 is 1.16 bits per heavy atom. The maximum absolute atomic E-state index is 11.0. The topological polar surface area (TPSA) is 91.7 Å². The molecule has 4 rings (SSSR count). The molecule has 2 aromatic carbocycles. The number of carbonyl (C=O) groups is 1. The summed E-state index contributed by atoms with van der Waals surface area (Å²) in [5, 5.41) is 22.5. The fraction of sp³-hybridized carbons (Fsp3) is 0.280. The predicted molar refractivity (Wildman–Crippen MR) is 117 cm³/mol. The lowest BCUT2D eigenvalue weighted by molar-refractivity contribution is 0.0697. The summed E-state index contributed by atoms with van der Waals surface area (Å²) in [6.07, 6.45) is 5.47. The van der Waals surface area contributed by atoms with Crippen LogP contribution in [0.25, 0.3) is 0 Å². The van der Waals surface area contributed by atoms with Crippen LogP contribution in [0.5, 0.6) is 5.75 Å². The highest BCUT2D eigenvalue weighted by atomic mass is 16.5. The van der Waals surface area contributed by atoms with Crippen molar-refractivity contribution < 1.29 is 19.7 Å². The number of aryl methyl sites for hydroxylation is 1. The van der Waals surface area contributed by atoms with E-state index in [0.29, 0.717) is 18.7 Å². The Labute approximate surface area is 181 Å². The molecule has 160 valence electrons. The van der Waals surface area contributed by atoms with Gasteiger partial charge in [0.2, 0.25) is 0 Å². The summed E-state index contributed by atoms with van der Waals surface area (Å²) < 4.78 is 6.14. The van der Waals surface area contributed by atoms with Gasteiger partial charge in [-0.2, -0.15) is 0 Å². The fourth-order valence-electron chi connectivity index (χ4n) is 3.82. The Morgan fingerprint density at radius 3 is 2.71 bits per heavy atom. The van der Waals surface area contributed by atoms with Gasteiger partial charge in [0.15, 0.2) is 0 Å². The summed E-state index contributed by atoms with van der Waals surface area (Å²) in [5.74, 6) is 0.00365. The summed E-state index contributed by atoms with van der Waals surface area (Å²) >= 11 is 0. The third-order valence-corrected chi connectivity index (χ3v) is 5.54. The highest BCUT2D eigenvalue weighted by Crippen LogP contribution is 2.29. The van der Waals surface area contributed by atoms with E-state index < -0.39 is 12.1 Å². The zero-order chi connectivity index (χ0) is 21.6. The van der Waals surface area contributed by atoms with Crippen molar-refractivity contribution in [3.8, 4) is 5.75 Å². The van der Waals surface area contributed by atoms with E-state index in [-0.39, 0.29) is 6.10 Å². The van der Waals surface area contributed by atoms with E-state index >= 15 is 0 Å². The summed E-state index contributed by atoms with van der Waals surface area (Å²) in [5.41, 5.74) is 4.56. The van der Waals surface area contributed by atoms with Crippen LogP contribution < -0.4 is 10.1 Å². The van der Waals surface area contributed by atoms with Gasteiger partial charge in [-0.25, -0.2) is 4.79 Å². The quantitative estimate of drug-likeness (QED) is 0.519. The Hall–Kier alpha value is -3.22.